The molecule has 15 heteroatoms. The quantitative estimate of drug-likeness (QED) is 0.286. The van der Waals surface area contributed by atoms with Gasteiger partial charge in [0.1, 0.15) is 22.5 Å². The number of thiazole rings is 1. The molecule has 0 saturated carbocycles. The SMILES string of the molecule is Cc1oc2nc1C(=O)N[C@@H](C(C)C)c1nc(cs1)C(=O)NCCN(C(=O)CN1CCCCC1)CCCC(=O)N[C@H]2Cc1ccccc1.O=CO. The van der Waals surface area contributed by atoms with Crippen LogP contribution < -0.4 is 16.0 Å². The number of nitrogens with zero attached hydrogens (tertiary/aromatic N) is 4. The van der Waals surface area contributed by atoms with Crippen LogP contribution in [0.5, 0.6) is 0 Å². The third kappa shape index (κ3) is 10.9. The monoisotopic (exact) mass is 709 g/mol. The molecule has 3 aromatic rings. The summed E-state index contributed by atoms with van der Waals surface area (Å²) in [6.45, 7) is 8.41. The lowest BCUT2D eigenvalue weighted by molar-refractivity contribution is -0.133. The second-order valence-corrected chi connectivity index (χ2v) is 13.6. The van der Waals surface area contributed by atoms with Gasteiger partial charge < -0.3 is 30.4 Å². The van der Waals surface area contributed by atoms with Crippen molar-refractivity contribution >= 4 is 41.4 Å². The summed E-state index contributed by atoms with van der Waals surface area (Å²) < 4.78 is 6.02. The van der Waals surface area contributed by atoms with Crippen LogP contribution in [0.4, 0.5) is 0 Å². The van der Waals surface area contributed by atoms with Gasteiger partial charge in [0.2, 0.25) is 17.7 Å². The summed E-state index contributed by atoms with van der Waals surface area (Å²) >= 11 is 1.30. The normalized spacial score (nSPS) is 19.8. The molecule has 2 aliphatic rings. The van der Waals surface area contributed by atoms with Crippen LogP contribution in [-0.2, 0) is 20.8 Å². The predicted molar refractivity (Wildman–Crippen MR) is 187 cm³/mol. The van der Waals surface area contributed by atoms with Crippen LogP contribution in [0.25, 0.3) is 0 Å². The number of carbonyl (C=O) groups excluding carboxylic acids is 4. The number of oxazole rings is 1. The summed E-state index contributed by atoms with van der Waals surface area (Å²) in [4.78, 5) is 74.7. The molecule has 4 amide bonds. The number of benzene rings is 1. The van der Waals surface area contributed by atoms with Crippen molar-refractivity contribution in [2.24, 2.45) is 5.92 Å². The van der Waals surface area contributed by atoms with Crippen LogP contribution >= 0.6 is 11.3 Å². The van der Waals surface area contributed by atoms with Crippen molar-refractivity contribution in [1.29, 1.82) is 0 Å². The number of amides is 4. The molecule has 4 bridgehead atoms. The molecule has 2 aliphatic heterocycles. The van der Waals surface area contributed by atoms with Gasteiger partial charge in [-0.05, 0) is 50.8 Å². The molecule has 14 nitrogen and oxygen atoms in total. The Hall–Kier alpha value is -4.63. The van der Waals surface area contributed by atoms with E-state index in [-0.39, 0.29) is 60.4 Å². The number of rotatable bonds is 5. The highest BCUT2D eigenvalue weighted by Gasteiger charge is 2.29. The van der Waals surface area contributed by atoms with E-state index in [9.17, 15) is 19.2 Å². The number of carboxylic acid groups (broad SMARTS) is 1. The minimum Gasteiger partial charge on any atom is -0.483 e. The highest BCUT2D eigenvalue weighted by molar-refractivity contribution is 7.09. The van der Waals surface area contributed by atoms with Gasteiger partial charge in [0.15, 0.2) is 5.69 Å². The van der Waals surface area contributed by atoms with Gasteiger partial charge in [-0.3, -0.25) is 28.9 Å². The van der Waals surface area contributed by atoms with Gasteiger partial charge in [-0.2, -0.15) is 0 Å². The van der Waals surface area contributed by atoms with E-state index >= 15 is 0 Å². The zero-order valence-corrected chi connectivity index (χ0v) is 29.7. The summed E-state index contributed by atoms with van der Waals surface area (Å²) in [6.07, 6.45) is 4.37. The molecule has 0 spiro atoms. The van der Waals surface area contributed by atoms with Crippen molar-refractivity contribution in [3.05, 3.63) is 69.3 Å². The molecule has 2 atom stereocenters. The summed E-state index contributed by atoms with van der Waals surface area (Å²) in [5, 5.41) is 18.2. The molecule has 0 radical (unpaired) electrons. The van der Waals surface area contributed by atoms with E-state index in [4.69, 9.17) is 14.3 Å². The molecule has 5 rings (SSSR count). The Kier molecular flexibility index (Phi) is 14.5. The smallest absolute Gasteiger partial charge is 0.290 e. The predicted octanol–water partition coefficient (Wildman–Crippen LogP) is 3.51. The maximum atomic E-state index is 13.5. The van der Waals surface area contributed by atoms with Gasteiger partial charge in [0.05, 0.1) is 12.6 Å². The number of nitrogens with one attached hydrogen (secondary N) is 3. The summed E-state index contributed by atoms with van der Waals surface area (Å²) in [6, 6.07) is 8.63. The van der Waals surface area contributed by atoms with Gasteiger partial charge in [-0.1, -0.05) is 50.6 Å². The Morgan fingerprint density at radius 2 is 1.74 bits per heavy atom. The first-order chi connectivity index (χ1) is 24.1. The minimum atomic E-state index is -0.606. The van der Waals surface area contributed by atoms with Crippen molar-refractivity contribution in [2.75, 3.05) is 39.3 Å². The van der Waals surface area contributed by atoms with Gasteiger partial charge in [-0.25, -0.2) is 9.97 Å². The molecule has 270 valence electrons. The average Bonchev–Trinajstić information content (AvgIpc) is 3.74. The largest absolute Gasteiger partial charge is 0.483 e. The number of aryl methyl sites for hydroxylation is 1. The zero-order valence-electron chi connectivity index (χ0n) is 28.9. The first-order valence-electron chi connectivity index (χ1n) is 17.0. The lowest BCUT2D eigenvalue weighted by Crippen LogP contribution is -2.45. The molecule has 50 heavy (non-hydrogen) atoms. The third-order valence-electron chi connectivity index (χ3n) is 8.58. The van der Waals surface area contributed by atoms with Gasteiger partial charge in [-0.15, -0.1) is 11.3 Å². The fourth-order valence-corrected chi connectivity index (χ4v) is 6.97. The number of hydrogen-bond acceptors (Lipinski definition) is 10. The Labute approximate surface area is 296 Å². The van der Waals surface area contributed by atoms with Crippen LogP contribution in [0.3, 0.4) is 0 Å². The number of aromatic nitrogens is 2. The Morgan fingerprint density at radius 3 is 2.44 bits per heavy atom. The Bertz CT molecular complexity index is 1590. The minimum absolute atomic E-state index is 0.0140. The maximum Gasteiger partial charge on any atom is 0.290 e. The second-order valence-electron chi connectivity index (χ2n) is 12.7. The molecular formula is C35H47N7O7S. The molecule has 1 aromatic carbocycles. The lowest BCUT2D eigenvalue weighted by Gasteiger charge is -2.29. The second kappa shape index (κ2) is 18.9. The van der Waals surface area contributed by atoms with E-state index in [0.29, 0.717) is 43.2 Å². The summed E-state index contributed by atoms with van der Waals surface area (Å²) in [5.41, 5.74) is 1.36. The maximum absolute atomic E-state index is 13.5. The van der Waals surface area contributed by atoms with Crippen molar-refractivity contribution < 1.29 is 33.5 Å². The fraction of sp³-hybridized carbons (Fsp3) is 0.514. The van der Waals surface area contributed by atoms with Crippen LogP contribution in [-0.4, -0.2) is 94.2 Å². The van der Waals surface area contributed by atoms with E-state index in [2.05, 4.69) is 30.8 Å². The molecule has 1 fully saturated rings. The fourth-order valence-electron chi connectivity index (χ4n) is 5.95. The molecule has 1 saturated heterocycles. The Balaban J connectivity index is 0.00000181. The lowest BCUT2D eigenvalue weighted by atomic mass is 10.0. The van der Waals surface area contributed by atoms with Crippen molar-refractivity contribution in [1.82, 2.24) is 35.7 Å². The molecule has 2 aromatic heterocycles. The number of hydrogen-bond donors (Lipinski definition) is 4. The first kappa shape index (κ1) is 38.2. The standard InChI is InChI=1S/C34H45N7O5S.CH2O2/c1-22(2)29-34-37-26(21-47-34)31(44)35-14-18-41(28(43)20-40-15-8-5-9-16-40)17-10-13-27(42)36-25(19-24-11-6-4-7-12-24)33-39-30(23(3)46-33)32(45)38-29;2-1-3/h4,6-7,11-12,21-22,25,29H,5,8-10,13-20H2,1-3H3,(H,35,44)(H,36,42)(H,38,45);1H,(H,2,3)/t25-,29-;/m0./s1. The molecule has 4 N–H and O–H groups in total. The Morgan fingerprint density at radius 1 is 1.02 bits per heavy atom. The third-order valence-corrected chi connectivity index (χ3v) is 9.51. The first-order valence-corrected chi connectivity index (χ1v) is 17.9. The van der Waals surface area contributed by atoms with Gasteiger partial charge in [0.25, 0.3) is 18.3 Å². The molecule has 4 heterocycles. The van der Waals surface area contributed by atoms with E-state index < -0.39 is 18.0 Å². The number of piperidine rings is 1. The van der Waals surface area contributed by atoms with E-state index in [0.717, 1.165) is 31.5 Å². The topological polar surface area (TPSA) is 187 Å². The van der Waals surface area contributed by atoms with Crippen molar-refractivity contribution in [3.63, 3.8) is 0 Å². The van der Waals surface area contributed by atoms with Gasteiger partial charge >= 0.3 is 0 Å². The highest BCUT2D eigenvalue weighted by atomic mass is 32.1. The zero-order chi connectivity index (χ0) is 36.0. The number of likely N-dealkylation sites (tertiary alicyclic amines) is 1. The number of fused-ring (bicyclic) bond motifs is 4. The van der Waals surface area contributed by atoms with Crippen LogP contribution in [0.15, 0.2) is 40.1 Å². The highest BCUT2D eigenvalue weighted by Crippen LogP contribution is 2.27. The molecular weight excluding hydrogens is 662 g/mol. The summed E-state index contributed by atoms with van der Waals surface area (Å²) in [5.74, 6) is -0.453. The van der Waals surface area contributed by atoms with E-state index in [1.807, 2.05) is 44.2 Å². The van der Waals surface area contributed by atoms with Crippen molar-refractivity contribution in [2.45, 2.75) is 71.4 Å². The summed E-state index contributed by atoms with van der Waals surface area (Å²) in [7, 11) is 0. The van der Waals surface area contributed by atoms with Crippen LogP contribution in [0.2, 0.25) is 0 Å². The van der Waals surface area contributed by atoms with Crippen molar-refractivity contribution in [3.8, 4) is 0 Å². The number of carbonyl (C=O) groups is 5. The van der Waals surface area contributed by atoms with Crippen LogP contribution in [0, 0.1) is 12.8 Å². The molecule has 0 unspecified atom stereocenters. The van der Waals surface area contributed by atoms with E-state index in [1.54, 1.807) is 17.2 Å². The van der Waals surface area contributed by atoms with E-state index in [1.165, 1.54) is 17.8 Å². The van der Waals surface area contributed by atoms with Crippen LogP contribution in [0.1, 0.15) is 101 Å². The van der Waals surface area contributed by atoms with Gasteiger partial charge in [0, 0.05) is 37.9 Å². The average molecular weight is 710 g/mol. The molecule has 0 aliphatic carbocycles.